The van der Waals surface area contributed by atoms with Crippen molar-refractivity contribution in [2.75, 3.05) is 53.7 Å². The maximum absolute atomic E-state index is 14.1. The molecular formula is C35H45F5N8O3. The number of hydrogen-bond acceptors (Lipinski definition) is 8. The number of anilines is 5. The zero-order valence-corrected chi connectivity index (χ0v) is 28.9. The van der Waals surface area contributed by atoms with Crippen molar-refractivity contribution in [2.45, 2.75) is 101 Å². The van der Waals surface area contributed by atoms with Gasteiger partial charge in [0.25, 0.3) is 0 Å². The molecule has 1 saturated carbocycles. The Labute approximate surface area is 294 Å². The number of likely N-dealkylation sites (tertiary alicyclic amines) is 1. The van der Waals surface area contributed by atoms with Crippen molar-refractivity contribution in [3.8, 4) is 5.75 Å². The van der Waals surface area contributed by atoms with Crippen molar-refractivity contribution < 1.29 is 36.3 Å². The Hall–Kier alpha value is -4.21. The van der Waals surface area contributed by atoms with Gasteiger partial charge in [-0.2, -0.15) is 18.2 Å². The molecule has 3 aliphatic heterocycles. The van der Waals surface area contributed by atoms with Gasteiger partial charge in [0.15, 0.2) is 0 Å². The molecule has 0 bridgehead atoms. The maximum atomic E-state index is 14.1. The number of benzene rings is 1. The molecule has 4 heterocycles. The molecule has 1 atom stereocenters. The molecule has 0 unspecified atom stereocenters. The van der Waals surface area contributed by atoms with E-state index in [9.17, 15) is 31.5 Å². The fourth-order valence-corrected chi connectivity index (χ4v) is 7.61. The molecule has 16 heteroatoms. The number of ether oxygens (including phenoxy) is 1. The van der Waals surface area contributed by atoms with Crippen LogP contribution in [0.5, 0.6) is 5.75 Å². The number of rotatable bonds is 9. The van der Waals surface area contributed by atoms with E-state index in [2.05, 4.69) is 37.0 Å². The number of halogens is 5. The number of hydrogen-bond donors (Lipinski definition) is 2. The average molecular weight is 721 g/mol. The van der Waals surface area contributed by atoms with E-state index in [4.69, 9.17) is 4.74 Å². The van der Waals surface area contributed by atoms with Crippen molar-refractivity contribution in [3.63, 3.8) is 0 Å². The minimum absolute atomic E-state index is 0.000553. The Morgan fingerprint density at radius 1 is 1.04 bits per heavy atom. The third-order valence-corrected chi connectivity index (χ3v) is 10.6. The van der Waals surface area contributed by atoms with Gasteiger partial charge in [-0.15, -0.1) is 0 Å². The van der Waals surface area contributed by atoms with Crippen LogP contribution in [0.2, 0.25) is 0 Å². The summed E-state index contributed by atoms with van der Waals surface area (Å²) in [6.07, 6.45) is 2.29. The smallest absolute Gasteiger partial charge is 0.408 e. The predicted octanol–water partition coefficient (Wildman–Crippen LogP) is 7.08. The van der Waals surface area contributed by atoms with Gasteiger partial charge in [-0.05, 0) is 70.7 Å². The standard InChI is InChI=1S/C35H45F5N8O3/c1-4-30(49)42-26-18-27(29(51-3)19-28(26)46-16-10-24(11-17-46)45-14-6-5-7-15-45)43-32-41-20-23-21-47(22(2)35(38,39)40)33(50)48(31(23)44-32)25-8-12-34(36,37)13-9-25/h4,18-20,22,24-25H,1,5-17,21H2,2-3H3,(H,42,49)(H,41,43,44)/t22-/m0/s1. The first-order chi connectivity index (χ1) is 24.3. The Bertz CT molecular complexity index is 1600. The lowest BCUT2D eigenvalue weighted by atomic mass is 9.90. The monoisotopic (exact) mass is 720 g/mol. The van der Waals surface area contributed by atoms with Gasteiger partial charge in [-0.25, -0.2) is 18.6 Å². The van der Waals surface area contributed by atoms with Crippen LogP contribution < -0.4 is 25.2 Å². The minimum Gasteiger partial charge on any atom is -0.494 e. The summed E-state index contributed by atoms with van der Waals surface area (Å²) in [4.78, 5) is 41.8. The molecule has 278 valence electrons. The van der Waals surface area contributed by atoms with Gasteiger partial charge in [-0.1, -0.05) is 13.0 Å². The van der Waals surface area contributed by atoms with Gasteiger partial charge >= 0.3 is 12.2 Å². The predicted molar refractivity (Wildman–Crippen MR) is 184 cm³/mol. The number of methoxy groups -OCH3 is 1. The van der Waals surface area contributed by atoms with Crippen LogP contribution in [0, 0.1) is 0 Å². The highest BCUT2D eigenvalue weighted by Gasteiger charge is 2.48. The van der Waals surface area contributed by atoms with Crippen LogP contribution in [0.25, 0.3) is 0 Å². The number of amides is 3. The molecule has 0 spiro atoms. The third-order valence-electron chi connectivity index (χ3n) is 10.6. The highest BCUT2D eigenvalue weighted by molar-refractivity contribution is 6.02. The van der Waals surface area contributed by atoms with Crippen LogP contribution in [0.3, 0.4) is 0 Å². The van der Waals surface area contributed by atoms with E-state index in [0.717, 1.165) is 56.5 Å². The van der Waals surface area contributed by atoms with Crippen molar-refractivity contribution in [3.05, 3.63) is 36.5 Å². The molecule has 2 saturated heterocycles. The SMILES string of the molecule is C=CC(=O)Nc1cc(Nc2ncc3c(n2)N(C2CCC(F)(F)CC2)C(=O)N([C@@H](C)C(F)(F)F)C3)c(OC)cc1N1CCC(N2CCCCC2)CC1. The highest BCUT2D eigenvalue weighted by Crippen LogP contribution is 2.43. The summed E-state index contributed by atoms with van der Waals surface area (Å²) in [6.45, 7) is 7.88. The van der Waals surface area contributed by atoms with Crippen LogP contribution in [0.1, 0.15) is 70.3 Å². The number of piperidine rings is 2. The minimum atomic E-state index is -4.70. The van der Waals surface area contributed by atoms with Gasteiger partial charge < -0.3 is 30.1 Å². The molecule has 1 aliphatic carbocycles. The summed E-state index contributed by atoms with van der Waals surface area (Å²) in [7, 11) is 1.50. The van der Waals surface area contributed by atoms with E-state index in [1.165, 1.54) is 38.6 Å². The first-order valence-corrected chi connectivity index (χ1v) is 17.6. The summed E-state index contributed by atoms with van der Waals surface area (Å²) < 4.78 is 75.4. The molecule has 3 amide bonds. The number of alkyl halides is 5. The Balaban J connectivity index is 1.30. The Morgan fingerprint density at radius 2 is 1.73 bits per heavy atom. The number of fused-ring (bicyclic) bond motifs is 1. The summed E-state index contributed by atoms with van der Waals surface area (Å²) in [5, 5.41) is 5.99. The molecule has 3 fully saturated rings. The second-order valence-electron chi connectivity index (χ2n) is 13.8. The largest absolute Gasteiger partial charge is 0.494 e. The summed E-state index contributed by atoms with van der Waals surface area (Å²) in [6, 6.07) is 0.162. The zero-order valence-electron chi connectivity index (χ0n) is 28.9. The van der Waals surface area contributed by atoms with Gasteiger partial charge in [0.05, 0.1) is 30.7 Å². The summed E-state index contributed by atoms with van der Waals surface area (Å²) >= 11 is 0. The molecule has 11 nitrogen and oxygen atoms in total. The lowest BCUT2D eigenvalue weighted by molar-refractivity contribution is -0.172. The van der Waals surface area contributed by atoms with Gasteiger partial charge in [0.2, 0.25) is 17.8 Å². The molecule has 51 heavy (non-hydrogen) atoms. The zero-order chi connectivity index (χ0) is 36.5. The summed E-state index contributed by atoms with van der Waals surface area (Å²) in [5.41, 5.74) is 1.89. The topological polar surface area (TPSA) is 106 Å². The van der Waals surface area contributed by atoms with E-state index >= 15 is 0 Å². The molecule has 1 aromatic heterocycles. The molecule has 1 aromatic carbocycles. The van der Waals surface area contributed by atoms with Gasteiger partial charge in [0, 0.05) is 55.8 Å². The molecule has 4 aliphatic rings. The maximum Gasteiger partial charge on any atom is 0.408 e. The van der Waals surface area contributed by atoms with E-state index in [-0.39, 0.29) is 30.2 Å². The molecule has 0 radical (unpaired) electrons. The molecule has 2 aromatic rings. The van der Waals surface area contributed by atoms with Gasteiger partial charge in [0.1, 0.15) is 17.6 Å². The number of urea groups is 1. The van der Waals surface area contributed by atoms with Crippen LogP contribution in [0.15, 0.2) is 31.0 Å². The summed E-state index contributed by atoms with van der Waals surface area (Å²) in [5.74, 6) is -2.86. The Morgan fingerprint density at radius 3 is 2.35 bits per heavy atom. The highest BCUT2D eigenvalue weighted by atomic mass is 19.4. The number of nitrogens with one attached hydrogen (secondary N) is 2. The fourth-order valence-electron chi connectivity index (χ4n) is 7.61. The number of carbonyl (C=O) groups is 2. The van der Waals surface area contributed by atoms with Crippen molar-refractivity contribution >= 4 is 40.8 Å². The number of nitrogens with zero attached hydrogens (tertiary/aromatic N) is 6. The van der Waals surface area contributed by atoms with E-state index in [0.29, 0.717) is 28.1 Å². The first kappa shape index (κ1) is 36.6. The first-order valence-electron chi connectivity index (χ1n) is 17.6. The van der Waals surface area contributed by atoms with Crippen LogP contribution >= 0.6 is 0 Å². The van der Waals surface area contributed by atoms with Gasteiger partial charge in [-0.3, -0.25) is 9.69 Å². The molecular weight excluding hydrogens is 675 g/mol. The second-order valence-corrected chi connectivity index (χ2v) is 13.8. The fraction of sp³-hybridized carbons (Fsp3) is 0.600. The average Bonchev–Trinajstić information content (AvgIpc) is 3.11. The second kappa shape index (κ2) is 14.8. The van der Waals surface area contributed by atoms with Crippen LogP contribution in [-0.4, -0.2) is 95.2 Å². The van der Waals surface area contributed by atoms with Crippen molar-refractivity contribution in [1.29, 1.82) is 0 Å². The van der Waals surface area contributed by atoms with Crippen LogP contribution in [-0.2, 0) is 11.3 Å². The third kappa shape index (κ3) is 8.00. The lowest BCUT2D eigenvalue weighted by Crippen LogP contribution is -2.58. The van der Waals surface area contributed by atoms with E-state index in [1.54, 1.807) is 6.07 Å². The quantitative estimate of drug-likeness (QED) is 0.209. The molecule has 6 rings (SSSR count). The van der Waals surface area contributed by atoms with E-state index in [1.807, 2.05) is 6.07 Å². The number of carbonyl (C=O) groups excluding carboxylic acids is 2. The number of aromatic nitrogens is 2. The van der Waals surface area contributed by atoms with E-state index < -0.39 is 55.5 Å². The lowest BCUT2D eigenvalue weighted by Gasteiger charge is -2.44. The Kier molecular flexibility index (Phi) is 10.6. The van der Waals surface area contributed by atoms with Crippen molar-refractivity contribution in [2.24, 2.45) is 0 Å². The molecule has 2 N–H and O–H groups in total. The van der Waals surface area contributed by atoms with Crippen LogP contribution in [0.4, 0.5) is 55.6 Å². The van der Waals surface area contributed by atoms with Crippen molar-refractivity contribution in [1.82, 2.24) is 19.8 Å². The normalized spacial score (nSPS) is 21.2.